The van der Waals surface area contributed by atoms with Crippen LogP contribution in [0.25, 0.3) is 5.82 Å². The Labute approximate surface area is 351 Å². The summed E-state index contributed by atoms with van der Waals surface area (Å²) < 4.78 is 48.6. The van der Waals surface area contributed by atoms with Gasteiger partial charge in [0, 0.05) is 43.0 Å². The van der Waals surface area contributed by atoms with E-state index in [2.05, 4.69) is 25.1 Å². The van der Waals surface area contributed by atoms with Crippen LogP contribution in [0, 0.1) is 17.3 Å². The minimum absolute atomic E-state index is 0.146. The van der Waals surface area contributed by atoms with Crippen LogP contribution in [0.1, 0.15) is 102 Å². The molecule has 1 aliphatic heterocycles. The van der Waals surface area contributed by atoms with Crippen LogP contribution in [-0.2, 0) is 21.4 Å². The first-order chi connectivity index (χ1) is 28.0. The Morgan fingerprint density at radius 1 is 0.983 bits per heavy atom. The number of rotatable bonds is 16. The maximum Gasteiger partial charge on any atom is 0.410 e. The molecule has 3 aliphatic rings. The molecule has 0 radical (unpaired) electrons. The molecule has 1 aromatic carbocycles. The zero-order valence-electron chi connectivity index (χ0n) is 34.4. The summed E-state index contributed by atoms with van der Waals surface area (Å²) in [7, 11) is -4.51. The number of carbonyl (C=O) groups is 2. The molecule has 4 heterocycles. The van der Waals surface area contributed by atoms with Gasteiger partial charge in [-0.25, -0.2) is 24.2 Å². The number of carbonyl (C=O) groups excluding carboxylic acids is 2. The van der Waals surface area contributed by atoms with Crippen LogP contribution >= 0.6 is 11.6 Å². The third kappa shape index (κ3) is 10.5. The van der Waals surface area contributed by atoms with Crippen molar-refractivity contribution in [1.29, 1.82) is 0 Å². The van der Waals surface area contributed by atoms with E-state index in [0.717, 1.165) is 37.2 Å². The molecule has 1 spiro atoms. The summed E-state index contributed by atoms with van der Waals surface area (Å²) in [5.41, 5.74) is 0.416. The van der Waals surface area contributed by atoms with E-state index in [1.165, 1.54) is 48.6 Å². The average Bonchev–Trinajstić information content (AvgIpc) is 3.78. The fourth-order valence-corrected chi connectivity index (χ4v) is 9.34. The third-order valence-electron chi connectivity index (χ3n) is 11.5. The number of nitrogens with zero attached hydrogens (tertiary/aromatic N) is 5. The highest BCUT2D eigenvalue weighted by atomic mass is 35.5. The van der Waals surface area contributed by atoms with Gasteiger partial charge in [-0.2, -0.15) is 8.42 Å². The van der Waals surface area contributed by atoms with Crippen LogP contribution in [0.15, 0.2) is 71.9 Å². The van der Waals surface area contributed by atoms with Gasteiger partial charge in [-0.1, -0.05) is 41.9 Å². The Morgan fingerprint density at radius 3 is 2.46 bits per heavy atom. The number of pyridine rings is 2. The molecule has 0 bridgehead atoms. The molecular weight excluding hydrogens is 794 g/mol. The molecule has 2 amide bonds. The van der Waals surface area contributed by atoms with Gasteiger partial charge in [0.25, 0.3) is 15.9 Å². The largest absolute Gasteiger partial charge is 0.489 e. The van der Waals surface area contributed by atoms with Crippen LogP contribution in [-0.4, -0.2) is 75.9 Å². The fraction of sp³-hybridized carbons (Fsp3) is 0.512. The number of aromatic nitrogens is 4. The quantitative estimate of drug-likeness (QED) is 0.0824. The maximum absolute atomic E-state index is 13.7. The lowest BCUT2D eigenvalue weighted by atomic mass is 9.69. The van der Waals surface area contributed by atoms with Crippen LogP contribution in [0.2, 0.25) is 5.15 Å². The SMILES string of the molecule is CC(C)(C)OC(=O)N1C[C@@H](CCCNc2cc(OCc3ccccc3)cc(S(=O)(=O)NC(=O)c3ccc(-n4ccc(OCCC5CCC56CC6)n4)nc3Cl)n2)CC1(C)C. The Balaban J connectivity index is 0.980. The molecule has 1 unspecified atom stereocenters. The van der Waals surface area contributed by atoms with E-state index in [0.29, 0.717) is 36.8 Å². The van der Waals surface area contributed by atoms with E-state index in [1.807, 2.05) is 65.0 Å². The van der Waals surface area contributed by atoms with Crippen molar-refractivity contribution in [2.75, 3.05) is 25.0 Å². The summed E-state index contributed by atoms with van der Waals surface area (Å²) in [6.07, 6.45) is 10.1. The van der Waals surface area contributed by atoms with E-state index < -0.39 is 26.6 Å². The van der Waals surface area contributed by atoms with Crippen LogP contribution in [0.4, 0.5) is 10.6 Å². The lowest BCUT2D eigenvalue weighted by Gasteiger charge is -2.37. The third-order valence-corrected chi connectivity index (χ3v) is 13.0. The van der Waals surface area contributed by atoms with Crippen molar-refractivity contribution < 1.29 is 32.2 Å². The van der Waals surface area contributed by atoms with Crippen molar-refractivity contribution in [3.63, 3.8) is 0 Å². The number of halogens is 1. The van der Waals surface area contributed by atoms with Crippen molar-refractivity contribution in [3.8, 4) is 17.4 Å². The number of sulfonamides is 1. The van der Waals surface area contributed by atoms with E-state index in [9.17, 15) is 18.0 Å². The topological polar surface area (TPSA) is 167 Å². The van der Waals surface area contributed by atoms with Gasteiger partial charge in [0.1, 0.15) is 28.9 Å². The Kier molecular flexibility index (Phi) is 12.2. The molecule has 2 N–H and O–H groups in total. The molecule has 7 rings (SSSR count). The molecule has 14 nitrogen and oxygen atoms in total. The second-order valence-electron chi connectivity index (χ2n) is 17.6. The Hall–Kier alpha value is -4.89. The zero-order valence-corrected chi connectivity index (χ0v) is 35.9. The zero-order chi connectivity index (χ0) is 42.0. The number of amides is 2. The number of hydrogen-bond donors (Lipinski definition) is 2. The van der Waals surface area contributed by atoms with E-state index in [1.54, 1.807) is 23.2 Å². The van der Waals surface area contributed by atoms with E-state index >= 15 is 0 Å². The predicted molar refractivity (Wildman–Crippen MR) is 223 cm³/mol. The monoisotopic (exact) mass is 847 g/mol. The second-order valence-corrected chi connectivity index (χ2v) is 19.6. The highest BCUT2D eigenvalue weighted by molar-refractivity contribution is 7.90. The minimum Gasteiger partial charge on any atom is -0.489 e. The first-order valence-corrected chi connectivity index (χ1v) is 22.2. The van der Waals surface area contributed by atoms with Crippen molar-refractivity contribution in [3.05, 3.63) is 83.1 Å². The highest BCUT2D eigenvalue weighted by Gasteiger charge is 2.54. The number of benzene rings is 1. The van der Waals surface area contributed by atoms with Crippen LogP contribution in [0.5, 0.6) is 11.6 Å². The van der Waals surface area contributed by atoms with Crippen molar-refractivity contribution in [1.82, 2.24) is 29.4 Å². The van der Waals surface area contributed by atoms with Gasteiger partial charge in [-0.15, -0.1) is 5.10 Å². The summed E-state index contributed by atoms with van der Waals surface area (Å²) in [5.74, 6) is 1.32. The molecule has 2 aliphatic carbocycles. The van der Waals surface area contributed by atoms with Crippen molar-refractivity contribution in [2.24, 2.45) is 17.3 Å². The molecule has 1 saturated heterocycles. The van der Waals surface area contributed by atoms with Gasteiger partial charge in [0.05, 0.1) is 12.2 Å². The number of anilines is 1. The first-order valence-electron chi connectivity index (χ1n) is 20.3. The fourth-order valence-electron chi connectivity index (χ4n) is 8.15. The van der Waals surface area contributed by atoms with Crippen LogP contribution in [0.3, 0.4) is 0 Å². The molecule has 3 fully saturated rings. The van der Waals surface area contributed by atoms with E-state index in [-0.39, 0.29) is 46.4 Å². The van der Waals surface area contributed by atoms with Gasteiger partial charge in [0.15, 0.2) is 10.8 Å². The number of ether oxygens (including phenoxy) is 3. The maximum atomic E-state index is 13.7. The van der Waals surface area contributed by atoms with Gasteiger partial charge >= 0.3 is 6.09 Å². The molecule has 59 heavy (non-hydrogen) atoms. The summed E-state index contributed by atoms with van der Waals surface area (Å²) in [6.45, 7) is 11.5. The molecule has 4 aromatic rings. The lowest BCUT2D eigenvalue weighted by molar-refractivity contribution is 0.0130. The van der Waals surface area contributed by atoms with Gasteiger partial charge in [-0.3, -0.25) is 4.79 Å². The summed E-state index contributed by atoms with van der Waals surface area (Å²) in [4.78, 5) is 36.8. The molecule has 316 valence electrons. The lowest BCUT2D eigenvalue weighted by Crippen LogP contribution is -2.45. The summed E-state index contributed by atoms with van der Waals surface area (Å²) in [6, 6.07) is 17.0. The molecular formula is C43H54ClN7O7S. The molecule has 16 heteroatoms. The standard InChI is InChI=1S/C43H54ClN7O7S/c1-41(2,3)58-40(53)50-27-30(26-42(50,4)5)12-9-21-45-34-24-32(57-28-29-10-7-6-8-11-29)25-37(46-34)59(54,55)49-39(52)33-13-14-35(47-38(33)44)51-22-16-36(48-51)56-23-17-31-15-18-43(31)19-20-43/h6-8,10-11,13-14,16,22,24-25,30-31H,9,12,15,17-21,23,26-28H2,1-5H3,(H,45,46)(H,49,52)/t30-,31?/m0/s1. The predicted octanol–water partition coefficient (Wildman–Crippen LogP) is 8.20. The van der Waals surface area contributed by atoms with Gasteiger partial charge < -0.3 is 24.4 Å². The van der Waals surface area contributed by atoms with Gasteiger partial charge in [-0.05, 0) is 121 Å². The average molecular weight is 848 g/mol. The Morgan fingerprint density at radius 2 is 1.76 bits per heavy atom. The molecule has 2 saturated carbocycles. The van der Waals surface area contributed by atoms with Gasteiger partial charge in [0.2, 0.25) is 5.88 Å². The number of hydrogen-bond acceptors (Lipinski definition) is 11. The van der Waals surface area contributed by atoms with Crippen molar-refractivity contribution in [2.45, 2.75) is 109 Å². The van der Waals surface area contributed by atoms with Crippen LogP contribution < -0.4 is 19.5 Å². The number of likely N-dealkylation sites (tertiary alicyclic amines) is 1. The molecule has 3 aromatic heterocycles. The van der Waals surface area contributed by atoms with Crippen molar-refractivity contribution >= 4 is 39.4 Å². The smallest absolute Gasteiger partial charge is 0.410 e. The summed E-state index contributed by atoms with van der Waals surface area (Å²) in [5, 5.41) is 7.05. The second kappa shape index (κ2) is 17.0. The highest BCUT2D eigenvalue weighted by Crippen LogP contribution is 2.65. The summed E-state index contributed by atoms with van der Waals surface area (Å²) >= 11 is 6.45. The molecule has 2 atom stereocenters. The minimum atomic E-state index is -4.51. The Bertz CT molecular complexity index is 2260. The normalized spacial score (nSPS) is 19.2. The first kappa shape index (κ1) is 42.2. The number of nitrogens with one attached hydrogen (secondary N) is 2. The van der Waals surface area contributed by atoms with E-state index in [4.69, 9.17) is 25.8 Å².